The largest absolute Gasteiger partial charge is 0.497 e. The summed E-state index contributed by atoms with van der Waals surface area (Å²) in [4.78, 5) is 0. The second-order valence-electron chi connectivity index (χ2n) is 5.44. The van der Waals surface area contributed by atoms with Gasteiger partial charge in [0.05, 0.1) is 19.9 Å². The van der Waals surface area contributed by atoms with E-state index < -0.39 is 0 Å². The monoisotopic (exact) mass is 315 g/mol. The fourth-order valence-electron chi connectivity index (χ4n) is 2.41. The summed E-state index contributed by atoms with van der Waals surface area (Å²) in [6, 6.07) is 11.3. The molecule has 2 N–H and O–H groups in total. The summed E-state index contributed by atoms with van der Waals surface area (Å²) < 4.78 is 16.5. The Balaban J connectivity index is 2.23. The molecule has 0 saturated heterocycles. The summed E-state index contributed by atoms with van der Waals surface area (Å²) in [5, 5.41) is 0. The number of unbranched alkanes of at least 4 members (excludes halogenated alkanes) is 2. The third-order valence-corrected chi connectivity index (χ3v) is 3.75. The molecule has 0 atom stereocenters. The van der Waals surface area contributed by atoms with Crippen LogP contribution in [0.1, 0.15) is 31.7 Å². The fourth-order valence-corrected chi connectivity index (χ4v) is 2.41. The van der Waals surface area contributed by atoms with E-state index in [4.69, 9.17) is 19.9 Å². The van der Waals surface area contributed by atoms with Gasteiger partial charge in [-0.3, -0.25) is 0 Å². The van der Waals surface area contributed by atoms with E-state index in [1.807, 2.05) is 30.3 Å². The van der Waals surface area contributed by atoms with E-state index in [0.29, 0.717) is 17.2 Å². The van der Waals surface area contributed by atoms with Crippen LogP contribution < -0.4 is 19.9 Å². The molecular weight excluding hydrogens is 290 g/mol. The minimum absolute atomic E-state index is 0.555. The van der Waals surface area contributed by atoms with Gasteiger partial charge in [-0.15, -0.1) is 0 Å². The average Bonchev–Trinajstić information content (AvgIpc) is 2.58. The van der Waals surface area contributed by atoms with Crippen molar-refractivity contribution in [1.29, 1.82) is 0 Å². The van der Waals surface area contributed by atoms with Crippen LogP contribution in [0.15, 0.2) is 36.4 Å². The number of benzene rings is 2. The number of methoxy groups -OCH3 is 2. The van der Waals surface area contributed by atoms with Crippen molar-refractivity contribution >= 4 is 5.69 Å². The molecule has 0 heterocycles. The molecule has 0 aliphatic rings. The maximum atomic E-state index is 6.04. The molecule has 0 saturated carbocycles. The van der Waals surface area contributed by atoms with Crippen molar-refractivity contribution in [2.75, 3.05) is 20.0 Å². The van der Waals surface area contributed by atoms with Gasteiger partial charge in [0.2, 0.25) is 0 Å². The summed E-state index contributed by atoms with van der Waals surface area (Å²) in [6.45, 7) is 2.20. The van der Waals surface area contributed by atoms with Gasteiger partial charge in [-0.1, -0.05) is 19.8 Å². The fraction of sp³-hybridized carbons (Fsp3) is 0.368. The first-order chi connectivity index (χ1) is 11.2. The van der Waals surface area contributed by atoms with E-state index in [2.05, 4.69) is 6.92 Å². The molecule has 2 aromatic rings. The van der Waals surface area contributed by atoms with Crippen molar-refractivity contribution in [2.24, 2.45) is 0 Å². The number of ether oxygens (including phenoxy) is 3. The van der Waals surface area contributed by atoms with Gasteiger partial charge in [-0.2, -0.15) is 0 Å². The van der Waals surface area contributed by atoms with Crippen LogP contribution in [0.4, 0.5) is 5.69 Å². The molecule has 4 heteroatoms. The van der Waals surface area contributed by atoms with Gasteiger partial charge in [0.25, 0.3) is 0 Å². The van der Waals surface area contributed by atoms with Crippen LogP contribution >= 0.6 is 0 Å². The van der Waals surface area contributed by atoms with Crippen LogP contribution in [-0.4, -0.2) is 14.2 Å². The van der Waals surface area contributed by atoms with Crippen molar-refractivity contribution < 1.29 is 14.2 Å². The predicted molar refractivity (Wildman–Crippen MR) is 93.7 cm³/mol. The topological polar surface area (TPSA) is 53.7 Å². The number of rotatable bonds is 8. The summed E-state index contributed by atoms with van der Waals surface area (Å²) in [6.07, 6.45) is 4.46. The van der Waals surface area contributed by atoms with Gasteiger partial charge in [0.15, 0.2) is 5.75 Å². The number of aryl methyl sites for hydroxylation is 1. The molecule has 2 aromatic carbocycles. The number of nitrogens with two attached hydrogens (primary N) is 1. The van der Waals surface area contributed by atoms with Gasteiger partial charge < -0.3 is 19.9 Å². The van der Waals surface area contributed by atoms with E-state index in [0.717, 1.165) is 29.9 Å². The second-order valence-corrected chi connectivity index (χ2v) is 5.44. The van der Waals surface area contributed by atoms with Crippen molar-refractivity contribution in [3.63, 3.8) is 0 Å². The highest BCUT2D eigenvalue weighted by molar-refractivity contribution is 5.58. The predicted octanol–water partition coefficient (Wildman–Crippen LogP) is 4.81. The Morgan fingerprint density at radius 1 is 0.870 bits per heavy atom. The number of hydrogen-bond donors (Lipinski definition) is 1. The van der Waals surface area contributed by atoms with Crippen LogP contribution in [0.2, 0.25) is 0 Å². The molecule has 124 valence electrons. The Bertz CT molecular complexity index is 641. The van der Waals surface area contributed by atoms with Gasteiger partial charge >= 0.3 is 0 Å². The molecule has 2 rings (SSSR count). The summed E-state index contributed by atoms with van der Waals surface area (Å²) in [5.41, 5.74) is 7.73. The van der Waals surface area contributed by atoms with E-state index in [9.17, 15) is 0 Å². The Labute approximate surface area is 138 Å². The smallest absolute Gasteiger partial charge is 0.150 e. The second kappa shape index (κ2) is 8.32. The van der Waals surface area contributed by atoms with Gasteiger partial charge in [0, 0.05) is 6.07 Å². The molecule has 4 nitrogen and oxygen atoms in total. The van der Waals surface area contributed by atoms with Crippen LogP contribution in [0.5, 0.6) is 23.0 Å². The lowest BCUT2D eigenvalue weighted by Crippen LogP contribution is -1.97. The highest BCUT2D eigenvalue weighted by Gasteiger charge is 2.10. The SMILES string of the molecule is CCCCCc1cc(OC)ccc1Oc1ccc(OC)cc1N. The molecular formula is C19H25NO3. The minimum atomic E-state index is 0.555. The zero-order valence-corrected chi connectivity index (χ0v) is 14.1. The number of hydrogen-bond acceptors (Lipinski definition) is 4. The van der Waals surface area contributed by atoms with Crippen LogP contribution in [0, 0.1) is 0 Å². The number of nitrogen functional groups attached to an aromatic ring is 1. The van der Waals surface area contributed by atoms with Crippen molar-refractivity contribution in [2.45, 2.75) is 32.6 Å². The molecule has 0 radical (unpaired) electrons. The average molecular weight is 315 g/mol. The van der Waals surface area contributed by atoms with Crippen LogP contribution in [0.25, 0.3) is 0 Å². The minimum Gasteiger partial charge on any atom is -0.497 e. The first kappa shape index (κ1) is 17.0. The van der Waals surface area contributed by atoms with Gasteiger partial charge in [-0.05, 0) is 48.7 Å². The molecule has 0 aliphatic heterocycles. The van der Waals surface area contributed by atoms with Gasteiger partial charge in [-0.25, -0.2) is 0 Å². The number of anilines is 1. The van der Waals surface area contributed by atoms with Gasteiger partial charge in [0.1, 0.15) is 17.2 Å². The lowest BCUT2D eigenvalue weighted by atomic mass is 10.1. The molecule has 23 heavy (non-hydrogen) atoms. The molecule has 0 aromatic heterocycles. The zero-order chi connectivity index (χ0) is 16.7. The van der Waals surface area contributed by atoms with E-state index in [1.54, 1.807) is 20.3 Å². The maximum Gasteiger partial charge on any atom is 0.150 e. The molecule has 0 aliphatic carbocycles. The Kier molecular flexibility index (Phi) is 6.15. The van der Waals surface area contributed by atoms with Crippen molar-refractivity contribution in [1.82, 2.24) is 0 Å². The normalized spacial score (nSPS) is 10.4. The third kappa shape index (κ3) is 4.55. The molecule has 0 bridgehead atoms. The molecule has 0 fully saturated rings. The molecule has 0 spiro atoms. The van der Waals surface area contributed by atoms with Crippen molar-refractivity contribution in [3.8, 4) is 23.0 Å². The van der Waals surface area contributed by atoms with E-state index in [-0.39, 0.29) is 0 Å². The molecule has 0 unspecified atom stereocenters. The molecule has 0 amide bonds. The summed E-state index contributed by atoms with van der Waals surface area (Å²) >= 11 is 0. The first-order valence-electron chi connectivity index (χ1n) is 7.96. The van der Waals surface area contributed by atoms with Crippen molar-refractivity contribution in [3.05, 3.63) is 42.0 Å². The van der Waals surface area contributed by atoms with E-state index in [1.165, 1.54) is 12.8 Å². The van der Waals surface area contributed by atoms with Crippen LogP contribution in [-0.2, 0) is 6.42 Å². The zero-order valence-electron chi connectivity index (χ0n) is 14.1. The highest BCUT2D eigenvalue weighted by Crippen LogP contribution is 2.34. The quantitative estimate of drug-likeness (QED) is 0.561. The summed E-state index contributed by atoms with van der Waals surface area (Å²) in [7, 11) is 3.29. The lowest BCUT2D eigenvalue weighted by Gasteiger charge is -2.14. The van der Waals surface area contributed by atoms with Crippen LogP contribution in [0.3, 0.4) is 0 Å². The lowest BCUT2D eigenvalue weighted by molar-refractivity contribution is 0.410. The van der Waals surface area contributed by atoms with E-state index >= 15 is 0 Å². The Morgan fingerprint density at radius 2 is 1.52 bits per heavy atom. The summed E-state index contributed by atoms with van der Waals surface area (Å²) in [5.74, 6) is 3.01. The third-order valence-electron chi connectivity index (χ3n) is 3.75. The standard InChI is InChI=1S/C19H25NO3/c1-4-5-6-7-14-12-15(21-2)8-10-18(14)23-19-11-9-16(22-3)13-17(19)20/h8-13H,4-7,20H2,1-3H3. The highest BCUT2D eigenvalue weighted by atomic mass is 16.5. The Hall–Kier alpha value is -2.36. The maximum absolute atomic E-state index is 6.04. The first-order valence-corrected chi connectivity index (χ1v) is 7.96. The Morgan fingerprint density at radius 3 is 2.13 bits per heavy atom.